The van der Waals surface area contributed by atoms with Crippen molar-refractivity contribution in [3.8, 4) is 5.75 Å². The van der Waals surface area contributed by atoms with Crippen molar-refractivity contribution in [2.24, 2.45) is 0 Å². The number of ether oxygens (including phenoxy) is 1. The molecular formula is C18H20N2O4. The molecule has 1 aromatic heterocycles. The molecule has 6 nitrogen and oxygen atoms in total. The summed E-state index contributed by atoms with van der Waals surface area (Å²) in [6.45, 7) is 4.04. The van der Waals surface area contributed by atoms with Crippen molar-refractivity contribution in [3.63, 3.8) is 0 Å². The molecule has 1 aliphatic rings. The highest BCUT2D eigenvalue weighted by molar-refractivity contribution is 5.93. The van der Waals surface area contributed by atoms with Crippen LogP contribution < -0.4 is 15.3 Å². The molecule has 1 saturated heterocycles. The van der Waals surface area contributed by atoms with E-state index in [1.165, 1.54) is 18.4 Å². The fourth-order valence-corrected chi connectivity index (χ4v) is 2.98. The summed E-state index contributed by atoms with van der Waals surface area (Å²) in [4.78, 5) is 27.6. The van der Waals surface area contributed by atoms with Crippen molar-refractivity contribution in [3.05, 3.63) is 58.6 Å². The summed E-state index contributed by atoms with van der Waals surface area (Å²) in [5, 5.41) is 0. The van der Waals surface area contributed by atoms with Gasteiger partial charge in [0.15, 0.2) is 0 Å². The van der Waals surface area contributed by atoms with E-state index < -0.39 is 5.63 Å². The van der Waals surface area contributed by atoms with Gasteiger partial charge in [-0.05, 0) is 25.1 Å². The van der Waals surface area contributed by atoms with E-state index >= 15 is 0 Å². The molecule has 1 atom stereocenters. The van der Waals surface area contributed by atoms with Crippen LogP contribution in [0.3, 0.4) is 0 Å². The molecule has 2 heterocycles. The molecule has 1 aromatic carbocycles. The zero-order chi connectivity index (χ0) is 17.1. The zero-order valence-corrected chi connectivity index (χ0v) is 13.8. The van der Waals surface area contributed by atoms with Gasteiger partial charge in [0, 0.05) is 43.5 Å². The number of amides is 1. The zero-order valence-electron chi connectivity index (χ0n) is 13.8. The monoisotopic (exact) mass is 328 g/mol. The molecule has 1 aliphatic heterocycles. The predicted octanol–water partition coefficient (Wildman–Crippen LogP) is 2.00. The number of hydrogen-bond acceptors (Lipinski definition) is 5. The second kappa shape index (κ2) is 6.78. The lowest BCUT2D eigenvalue weighted by molar-refractivity contribution is 0.0723. The maximum atomic E-state index is 12.5. The maximum Gasteiger partial charge on any atom is 0.335 e. The van der Waals surface area contributed by atoms with Gasteiger partial charge in [-0.3, -0.25) is 4.79 Å². The highest BCUT2D eigenvalue weighted by atomic mass is 16.5. The van der Waals surface area contributed by atoms with E-state index in [0.29, 0.717) is 18.7 Å². The molecule has 0 spiro atoms. The Morgan fingerprint density at radius 2 is 2.08 bits per heavy atom. The Morgan fingerprint density at radius 1 is 1.25 bits per heavy atom. The number of hydrogen-bond donors (Lipinski definition) is 0. The number of rotatable bonds is 3. The number of benzene rings is 1. The van der Waals surface area contributed by atoms with E-state index in [0.717, 1.165) is 18.0 Å². The van der Waals surface area contributed by atoms with Crippen LogP contribution in [0.2, 0.25) is 0 Å². The molecule has 0 radical (unpaired) electrons. The standard InChI is InChI=1S/C18H20N2O4/c1-13-11-19(18(22)14-6-7-17(21)24-12-14)8-9-20(13)15-4-3-5-16(10-15)23-2/h3-7,10,12-13H,8-9,11H2,1-2H3/t13-/m1/s1. The second-order valence-corrected chi connectivity index (χ2v) is 5.84. The Morgan fingerprint density at radius 3 is 2.75 bits per heavy atom. The highest BCUT2D eigenvalue weighted by Crippen LogP contribution is 2.25. The minimum Gasteiger partial charge on any atom is -0.497 e. The van der Waals surface area contributed by atoms with Crippen molar-refractivity contribution in [2.75, 3.05) is 31.6 Å². The van der Waals surface area contributed by atoms with E-state index in [2.05, 4.69) is 11.8 Å². The van der Waals surface area contributed by atoms with Gasteiger partial charge in [-0.2, -0.15) is 0 Å². The van der Waals surface area contributed by atoms with Crippen LogP contribution >= 0.6 is 0 Å². The first-order valence-electron chi connectivity index (χ1n) is 7.87. The van der Waals surface area contributed by atoms with Gasteiger partial charge in [0.2, 0.25) is 0 Å². The van der Waals surface area contributed by atoms with Crippen LogP contribution in [0.15, 0.2) is 51.9 Å². The summed E-state index contributed by atoms with van der Waals surface area (Å²) >= 11 is 0. The highest BCUT2D eigenvalue weighted by Gasteiger charge is 2.27. The first-order chi connectivity index (χ1) is 11.6. The largest absolute Gasteiger partial charge is 0.497 e. The Balaban J connectivity index is 1.71. The van der Waals surface area contributed by atoms with Crippen LogP contribution in [0.4, 0.5) is 5.69 Å². The summed E-state index contributed by atoms with van der Waals surface area (Å²) in [5.41, 5.74) is 1.03. The van der Waals surface area contributed by atoms with Gasteiger partial charge in [0.1, 0.15) is 12.0 Å². The first-order valence-corrected chi connectivity index (χ1v) is 7.87. The van der Waals surface area contributed by atoms with Crippen molar-refractivity contribution in [2.45, 2.75) is 13.0 Å². The van der Waals surface area contributed by atoms with Crippen LogP contribution in [-0.2, 0) is 0 Å². The lowest BCUT2D eigenvalue weighted by atomic mass is 10.1. The molecule has 2 aromatic rings. The van der Waals surface area contributed by atoms with E-state index in [1.54, 1.807) is 12.0 Å². The Hall–Kier alpha value is -2.76. The van der Waals surface area contributed by atoms with Crippen LogP contribution in [0, 0.1) is 0 Å². The molecule has 0 N–H and O–H groups in total. The maximum absolute atomic E-state index is 12.5. The summed E-state index contributed by atoms with van der Waals surface area (Å²) in [5.74, 6) is 0.702. The number of carbonyl (C=O) groups excluding carboxylic acids is 1. The Labute approximate surface area is 140 Å². The molecule has 0 unspecified atom stereocenters. The number of methoxy groups -OCH3 is 1. The predicted molar refractivity (Wildman–Crippen MR) is 90.7 cm³/mol. The summed E-state index contributed by atoms with van der Waals surface area (Å²) in [7, 11) is 1.65. The molecule has 0 saturated carbocycles. The van der Waals surface area contributed by atoms with Crippen LogP contribution in [-0.4, -0.2) is 43.6 Å². The van der Waals surface area contributed by atoms with Gasteiger partial charge >= 0.3 is 5.63 Å². The summed E-state index contributed by atoms with van der Waals surface area (Å²) in [6, 6.07) is 10.9. The van der Waals surface area contributed by atoms with Crippen molar-refractivity contribution in [1.29, 1.82) is 0 Å². The van der Waals surface area contributed by atoms with Gasteiger partial charge < -0.3 is 19.0 Å². The fourth-order valence-electron chi connectivity index (χ4n) is 2.98. The first kappa shape index (κ1) is 16.1. The van der Waals surface area contributed by atoms with E-state index in [4.69, 9.17) is 9.15 Å². The molecule has 3 rings (SSSR count). The summed E-state index contributed by atoms with van der Waals surface area (Å²) < 4.78 is 10.1. The van der Waals surface area contributed by atoms with Gasteiger partial charge in [-0.1, -0.05) is 6.07 Å². The van der Waals surface area contributed by atoms with Crippen LogP contribution in [0.1, 0.15) is 17.3 Å². The van der Waals surface area contributed by atoms with Gasteiger partial charge in [-0.15, -0.1) is 0 Å². The smallest absolute Gasteiger partial charge is 0.335 e. The molecule has 1 amide bonds. The molecule has 6 heteroatoms. The van der Waals surface area contributed by atoms with Gasteiger partial charge in [0.25, 0.3) is 5.91 Å². The Kier molecular flexibility index (Phi) is 4.55. The third-order valence-corrected chi connectivity index (χ3v) is 4.25. The number of anilines is 1. The van der Waals surface area contributed by atoms with E-state index in [-0.39, 0.29) is 11.9 Å². The van der Waals surface area contributed by atoms with Crippen molar-refractivity contribution in [1.82, 2.24) is 4.90 Å². The third kappa shape index (κ3) is 3.27. The lowest BCUT2D eigenvalue weighted by Gasteiger charge is -2.41. The van der Waals surface area contributed by atoms with E-state index in [1.807, 2.05) is 24.3 Å². The number of nitrogens with zero attached hydrogens (tertiary/aromatic N) is 2. The normalized spacial score (nSPS) is 17.7. The molecule has 0 bridgehead atoms. The Bertz CT molecular complexity index is 766. The molecule has 1 fully saturated rings. The SMILES string of the molecule is COc1cccc(N2CCN(C(=O)c3ccc(=O)oc3)C[C@H]2C)c1. The van der Waals surface area contributed by atoms with E-state index in [9.17, 15) is 9.59 Å². The quantitative estimate of drug-likeness (QED) is 0.862. The molecule has 24 heavy (non-hydrogen) atoms. The average Bonchev–Trinajstić information content (AvgIpc) is 2.61. The van der Waals surface area contributed by atoms with Crippen LogP contribution in [0.25, 0.3) is 0 Å². The minimum absolute atomic E-state index is 0.115. The second-order valence-electron chi connectivity index (χ2n) is 5.84. The van der Waals surface area contributed by atoms with Crippen molar-refractivity contribution < 1.29 is 13.9 Å². The molecular weight excluding hydrogens is 308 g/mol. The molecule has 0 aliphatic carbocycles. The number of carbonyl (C=O) groups is 1. The van der Waals surface area contributed by atoms with Crippen LogP contribution in [0.5, 0.6) is 5.75 Å². The topological polar surface area (TPSA) is 63.0 Å². The fraction of sp³-hybridized carbons (Fsp3) is 0.333. The van der Waals surface area contributed by atoms with Gasteiger partial charge in [0.05, 0.1) is 12.7 Å². The summed E-state index contributed by atoms with van der Waals surface area (Å²) in [6.07, 6.45) is 1.23. The lowest BCUT2D eigenvalue weighted by Crippen LogP contribution is -2.53. The molecule has 126 valence electrons. The number of piperazine rings is 1. The van der Waals surface area contributed by atoms with Gasteiger partial charge in [-0.25, -0.2) is 4.79 Å². The minimum atomic E-state index is -0.456. The third-order valence-electron chi connectivity index (χ3n) is 4.25. The average molecular weight is 328 g/mol. The van der Waals surface area contributed by atoms with Crippen molar-refractivity contribution >= 4 is 11.6 Å².